The minimum absolute atomic E-state index is 0.000662. The number of aromatic amines is 1. The van der Waals surface area contributed by atoms with Crippen molar-refractivity contribution in [1.82, 2.24) is 14.8 Å². The van der Waals surface area contributed by atoms with Crippen molar-refractivity contribution in [3.05, 3.63) is 22.5 Å². The number of hydrogen-bond donors (Lipinski definition) is 1. The molecule has 0 saturated heterocycles. The molecule has 134 valence electrons. The van der Waals surface area contributed by atoms with Crippen molar-refractivity contribution in [3.63, 3.8) is 0 Å². The minimum atomic E-state index is -0.557. The first-order valence-electron chi connectivity index (χ1n) is 8.64. The number of hydrogen-bond acceptors (Lipinski definition) is 4. The SMILES string of the molecule is CCN(CC)CCN1Cc2[nH]c(C(=O)OC(C)(C)C)c(C)c2C1=O. The molecular formula is C18H29N3O3. The lowest BCUT2D eigenvalue weighted by Crippen LogP contribution is -2.35. The van der Waals surface area contributed by atoms with Crippen LogP contribution in [0.1, 0.15) is 66.7 Å². The molecule has 1 aliphatic heterocycles. The van der Waals surface area contributed by atoms with Crippen LogP contribution in [0.25, 0.3) is 0 Å². The number of nitrogens with zero attached hydrogens (tertiary/aromatic N) is 2. The van der Waals surface area contributed by atoms with E-state index in [1.165, 1.54) is 0 Å². The number of amides is 1. The van der Waals surface area contributed by atoms with Crippen LogP contribution in [0.15, 0.2) is 0 Å². The van der Waals surface area contributed by atoms with Crippen LogP contribution in [0, 0.1) is 6.92 Å². The second-order valence-electron chi connectivity index (χ2n) is 7.23. The quantitative estimate of drug-likeness (QED) is 0.812. The second kappa shape index (κ2) is 6.97. The zero-order valence-corrected chi connectivity index (χ0v) is 15.7. The van der Waals surface area contributed by atoms with E-state index in [1.807, 2.05) is 25.7 Å². The molecule has 1 amide bonds. The summed E-state index contributed by atoms with van der Waals surface area (Å²) in [6.07, 6.45) is 0. The standard InChI is InChI=1S/C18H29N3O3/c1-7-20(8-2)9-10-21-11-13-14(16(21)22)12(3)15(19-13)17(23)24-18(4,5)6/h19H,7-11H2,1-6H3. The van der Waals surface area contributed by atoms with Crippen molar-refractivity contribution < 1.29 is 14.3 Å². The predicted octanol–water partition coefficient (Wildman–Crippen LogP) is 2.58. The molecule has 0 atom stereocenters. The molecule has 0 saturated carbocycles. The van der Waals surface area contributed by atoms with Gasteiger partial charge in [-0.1, -0.05) is 13.8 Å². The fraction of sp³-hybridized carbons (Fsp3) is 0.667. The van der Waals surface area contributed by atoms with E-state index in [0.717, 1.165) is 25.3 Å². The number of likely N-dealkylation sites (N-methyl/N-ethyl adjacent to an activating group) is 1. The Bertz CT molecular complexity index is 624. The van der Waals surface area contributed by atoms with Crippen molar-refractivity contribution in [1.29, 1.82) is 0 Å². The van der Waals surface area contributed by atoms with Crippen LogP contribution in [0.5, 0.6) is 0 Å². The monoisotopic (exact) mass is 335 g/mol. The topological polar surface area (TPSA) is 65.6 Å². The van der Waals surface area contributed by atoms with Gasteiger partial charge in [0.1, 0.15) is 11.3 Å². The maximum absolute atomic E-state index is 12.7. The zero-order chi connectivity index (χ0) is 18.1. The molecule has 1 aromatic rings. The molecule has 6 heteroatoms. The number of ether oxygens (including phenoxy) is 1. The number of aromatic nitrogens is 1. The van der Waals surface area contributed by atoms with E-state index in [9.17, 15) is 9.59 Å². The molecule has 0 bridgehead atoms. The van der Waals surface area contributed by atoms with Gasteiger partial charge in [0.25, 0.3) is 5.91 Å². The normalized spacial score (nSPS) is 14.5. The maximum Gasteiger partial charge on any atom is 0.355 e. The van der Waals surface area contributed by atoms with E-state index in [2.05, 4.69) is 23.7 Å². The third kappa shape index (κ3) is 3.80. The van der Waals surface area contributed by atoms with Gasteiger partial charge in [0.15, 0.2) is 0 Å². The van der Waals surface area contributed by atoms with Crippen molar-refractivity contribution in [2.24, 2.45) is 0 Å². The number of esters is 1. The Kier molecular flexibility index (Phi) is 5.38. The Balaban J connectivity index is 2.10. The first-order valence-corrected chi connectivity index (χ1v) is 8.64. The Morgan fingerprint density at radius 1 is 1.29 bits per heavy atom. The van der Waals surface area contributed by atoms with Crippen LogP contribution in [-0.4, -0.2) is 58.4 Å². The molecule has 1 aromatic heterocycles. The molecular weight excluding hydrogens is 306 g/mol. The van der Waals surface area contributed by atoms with Crippen LogP contribution < -0.4 is 0 Å². The van der Waals surface area contributed by atoms with Gasteiger partial charge in [-0.05, 0) is 46.3 Å². The van der Waals surface area contributed by atoms with Crippen LogP contribution in [0.2, 0.25) is 0 Å². The highest BCUT2D eigenvalue weighted by Crippen LogP contribution is 2.28. The Morgan fingerprint density at radius 2 is 1.92 bits per heavy atom. The highest BCUT2D eigenvalue weighted by molar-refractivity contribution is 6.03. The molecule has 24 heavy (non-hydrogen) atoms. The fourth-order valence-corrected chi connectivity index (χ4v) is 3.00. The molecule has 0 radical (unpaired) electrons. The summed E-state index contributed by atoms with van der Waals surface area (Å²) in [6, 6.07) is 0. The van der Waals surface area contributed by atoms with Crippen molar-refractivity contribution in [2.45, 2.75) is 53.7 Å². The largest absolute Gasteiger partial charge is 0.455 e. The smallest absolute Gasteiger partial charge is 0.355 e. The Morgan fingerprint density at radius 3 is 2.42 bits per heavy atom. The summed E-state index contributed by atoms with van der Waals surface area (Å²) in [5.41, 5.74) is 1.98. The maximum atomic E-state index is 12.7. The number of rotatable bonds is 6. The van der Waals surface area contributed by atoms with Gasteiger partial charge >= 0.3 is 5.97 Å². The molecule has 2 heterocycles. The Hall–Kier alpha value is -1.82. The number of nitrogens with one attached hydrogen (secondary N) is 1. The van der Waals surface area contributed by atoms with E-state index in [1.54, 1.807) is 6.92 Å². The lowest BCUT2D eigenvalue weighted by Gasteiger charge is -2.23. The molecule has 1 N–H and O–H groups in total. The summed E-state index contributed by atoms with van der Waals surface area (Å²) in [5.74, 6) is -0.405. The predicted molar refractivity (Wildman–Crippen MR) is 93.2 cm³/mol. The van der Waals surface area contributed by atoms with Crippen LogP contribution in [0.4, 0.5) is 0 Å². The Labute approximate surface area is 144 Å². The molecule has 0 aliphatic carbocycles. The first-order chi connectivity index (χ1) is 11.2. The van der Waals surface area contributed by atoms with Crippen molar-refractivity contribution in [3.8, 4) is 0 Å². The van der Waals surface area contributed by atoms with Gasteiger partial charge in [0.05, 0.1) is 12.1 Å². The molecule has 0 aromatic carbocycles. The van der Waals surface area contributed by atoms with Gasteiger partial charge < -0.3 is 19.5 Å². The van der Waals surface area contributed by atoms with Crippen molar-refractivity contribution >= 4 is 11.9 Å². The number of fused-ring (bicyclic) bond motifs is 1. The molecule has 2 rings (SSSR count). The zero-order valence-electron chi connectivity index (χ0n) is 15.7. The van der Waals surface area contributed by atoms with E-state index in [4.69, 9.17) is 4.74 Å². The minimum Gasteiger partial charge on any atom is -0.455 e. The first kappa shape index (κ1) is 18.5. The highest BCUT2D eigenvalue weighted by Gasteiger charge is 2.34. The fourth-order valence-electron chi connectivity index (χ4n) is 3.00. The van der Waals surface area contributed by atoms with Crippen LogP contribution in [-0.2, 0) is 11.3 Å². The van der Waals surface area contributed by atoms with Crippen LogP contribution in [0.3, 0.4) is 0 Å². The third-order valence-corrected chi connectivity index (χ3v) is 4.36. The summed E-state index contributed by atoms with van der Waals surface area (Å²) in [4.78, 5) is 32.2. The van der Waals surface area contributed by atoms with E-state index in [0.29, 0.717) is 29.9 Å². The molecule has 0 spiro atoms. The lowest BCUT2D eigenvalue weighted by molar-refractivity contribution is 0.00625. The number of H-pyrrole nitrogens is 1. The van der Waals surface area contributed by atoms with Crippen molar-refractivity contribution in [2.75, 3.05) is 26.2 Å². The van der Waals surface area contributed by atoms with Crippen LogP contribution >= 0.6 is 0 Å². The molecule has 1 aliphatic rings. The van der Waals surface area contributed by atoms with Gasteiger partial charge in [-0.3, -0.25) is 4.79 Å². The van der Waals surface area contributed by atoms with E-state index in [-0.39, 0.29) is 5.91 Å². The molecule has 6 nitrogen and oxygen atoms in total. The van der Waals surface area contributed by atoms with E-state index >= 15 is 0 Å². The number of carbonyl (C=O) groups is 2. The summed E-state index contributed by atoms with van der Waals surface area (Å²) in [6.45, 7) is 15.6. The summed E-state index contributed by atoms with van der Waals surface area (Å²) < 4.78 is 5.41. The number of carbonyl (C=O) groups excluding carboxylic acids is 2. The average Bonchev–Trinajstić information content (AvgIpc) is 2.96. The van der Waals surface area contributed by atoms with Gasteiger partial charge in [-0.25, -0.2) is 4.79 Å². The van der Waals surface area contributed by atoms with Gasteiger partial charge in [-0.2, -0.15) is 0 Å². The summed E-state index contributed by atoms with van der Waals surface area (Å²) >= 11 is 0. The molecule has 0 fully saturated rings. The second-order valence-corrected chi connectivity index (χ2v) is 7.23. The van der Waals surface area contributed by atoms with E-state index < -0.39 is 11.6 Å². The van der Waals surface area contributed by atoms with Gasteiger partial charge in [0.2, 0.25) is 0 Å². The van der Waals surface area contributed by atoms with Gasteiger partial charge in [0, 0.05) is 18.8 Å². The molecule has 0 unspecified atom stereocenters. The summed E-state index contributed by atoms with van der Waals surface area (Å²) in [5, 5.41) is 0. The average molecular weight is 335 g/mol. The van der Waals surface area contributed by atoms with Gasteiger partial charge in [-0.15, -0.1) is 0 Å². The lowest BCUT2D eigenvalue weighted by atomic mass is 10.1. The highest BCUT2D eigenvalue weighted by atomic mass is 16.6. The summed E-state index contributed by atoms with van der Waals surface area (Å²) in [7, 11) is 0. The third-order valence-electron chi connectivity index (χ3n) is 4.36.